The maximum Gasteiger partial charge on any atom is 0.308 e. The monoisotopic (exact) mass is 375 g/mol. The fourth-order valence-electron chi connectivity index (χ4n) is 2.42. The van der Waals surface area contributed by atoms with Gasteiger partial charge in [0.15, 0.2) is 5.78 Å². The van der Waals surface area contributed by atoms with Crippen molar-refractivity contribution in [2.45, 2.75) is 12.1 Å². The summed E-state index contributed by atoms with van der Waals surface area (Å²) in [5.74, 6) is -0.949. The van der Waals surface area contributed by atoms with Crippen molar-refractivity contribution >= 4 is 40.5 Å². The van der Waals surface area contributed by atoms with E-state index in [0.717, 1.165) is 0 Å². The Bertz CT molecular complexity index is 875. The summed E-state index contributed by atoms with van der Waals surface area (Å²) in [5, 5.41) is 3.82. The molecule has 0 fully saturated rings. The quantitative estimate of drug-likeness (QED) is 0.562. The van der Waals surface area contributed by atoms with Crippen LogP contribution in [-0.4, -0.2) is 17.3 Å². The van der Waals surface area contributed by atoms with Gasteiger partial charge in [-0.2, -0.15) is 0 Å². The number of hydrogen-bond donors (Lipinski definition) is 0. The van der Waals surface area contributed by atoms with E-state index in [9.17, 15) is 14.5 Å². The van der Waals surface area contributed by atoms with Gasteiger partial charge in [-0.1, -0.05) is 23.2 Å². The van der Waals surface area contributed by atoms with Crippen LogP contribution in [0.5, 0.6) is 0 Å². The van der Waals surface area contributed by atoms with Crippen molar-refractivity contribution in [3.05, 3.63) is 80.7 Å². The van der Waals surface area contributed by atoms with Crippen molar-refractivity contribution in [2.24, 2.45) is 5.18 Å². The Morgan fingerprint density at radius 2 is 1.56 bits per heavy atom. The first kappa shape index (κ1) is 17.3. The van der Waals surface area contributed by atoms with Crippen LogP contribution in [0.1, 0.15) is 22.3 Å². The van der Waals surface area contributed by atoms with Crippen LogP contribution in [0, 0.1) is 4.91 Å². The summed E-state index contributed by atoms with van der Waals surface area (Å²) in [6, 6.07) is 12.6. The van der Waals surface area contributed by atoms with E-state index in [1.807, 2.05) is 0 Å². The number of hydrogen-bond acceptors (Lipinski definition) is 5. The lowest BCUT2D eigenvalue weighted by atomic mass is 9.99. The molecule has 2 aromatic rings. The molecule has 2 aromatic carbocycles. The van der Waals surface area contributed by atoms with E-state index in [4.69, 9.17) is 27.9 Å². The molecule has 0 aliphatic carbocycles. The van der Waals surface area contributed by atoms with E-state index in [1.54, 1.807) is 36.4 Å². The van der Waals surface area contributed by atoms with E-state index >= 15 is 0 Å². The van der Waals surface area contributed by atoms with Gasteiger partial charge in [0.1, 0.15) is 5.76 Å². The number of ketones is 2. The Hall–Kier alpha value is -2.50. The van der Waals surface area contributed by atoms with E-state index in [0.29, 0.717) is 21.2 Å². The summed E-state index contributed by atoms with van der Waals surface area (Å²) in [4.78, 5) is 36.1. The van der Waals surface area contributed by atoms with Crippen LogP contribution in [0.25, 0.3) is 5.76 Å². The van der Waals surface area contributed by atoms with Gasteiger partial charge in [0.25, 0.3) is 0 Å². The summed E-state index contributed by atoms with van der Waals surface area (Å²) >= 11 is 11.6. The number of ether oxygens (including phenoxy) is 1. The molecule has 5 nitrogen and oxygen atoms in total. The van der Waals surface area contributed by atoms with Gasteiger partial charge in [-0.15, -0.1) is 4.91 Å². The summed E-state index contributed by atoms with van der Waals surface area (Å²) in [6.45, 7) is 0. The molecule has 0 spiro atoms. The van der Waals surface area contributed by atoms with Crippen LogP contribution in [0.4, 0.5) is 0 Å². The van der Waals surface area contributed by atoms with Crippen molar-refractivity contribution < 1.29 is 14.3 Å². The second-order valence-electron chi connectivity index (χ2n) is 5.46. The number of carbonyl (C=O) groups excluding carboxylic acids is 2. The van der Waals surface area contributed by atoms with Crippen LogP contribution in [0.15, 0.2) is 59.8 Å². The van der Waals surface area contributed by atoms with E-state index in [2.05, 4.69) is 5.18 Å². The smallest absolute Gasteiger partial charge is 0.308 e. The molecule has 1 heterocycles. The Morgan fingerprint density at radius 3 is 2.12 bits per heavy atom. The number of rotatable bonds is 5. The fraction of sp³-hybridized carbons (Fsp3) is 0.111. The van der Waals surface area contributed by atoms with Gasteiger partial charge in [0.2, 0.25) is 5.78 Å². The third kappa shape index (κ3) is 3.48. The molecular weight excluding hydrogens is 365 g/mol. The zero-order valence-corrected chi connectivity index (χ0v) is 14.3. The molecule has 0 N–H and O–H groups in total. The summed E-state index contributed by atoms with van der Waals surface area (Å²) in [5.41, 5.74) is -1.22. The first-order valence-electron chi connectivity index (χ1n) is 7.28. The molecular formula is C18H11Cl2NO4. The molecule has 126 valence electrons. The standard InChI is InChI=1S/C18H11Cl2NO4/c19-13-5-1-11(2-6-13)15(22)10-18(21-24)17(23)9-16(25-18)12-3-7-14(20)8-4-12/h1-9H,10H2. The first-order valence-corrected chi connectivity index (χ1v) is 8.03. The molecule has 3 rings (SSSR count). The van der Waals surface area contributed by atoms with E-state index in [-0.39, 0.29) is 5.76 Å². The average molecular weight is 376 g/mol. The Balaban J connectivity index is 1.83. The predicted octanol–water partition coefficient (Wildman–Crippen LogP) is 4.67. The first-order chi connectivity index (χ1) is 11.9. The van der Waals surface area contributed by atoms with Crippen molar-refractivity contribution in [1.82, 2.24) is 0 Å². The topological polar surface area (TPSA) is 72.8 Å². The molecule has 1 atom stereocenters. The lowest BCUT2D eigenvalue weighted by molar-refractivity contribution is -0.127. The molecule has 7 heteroatoms. The summed E-state index contributed by atoms with van der Waals surface area (Å²) < 4.78 is 5.49. The normalized spacial score (nSPS) is 19.3. The highest BCUT2D eigenvalue weighted by Crippen LogP contribution is 2.36. The zero-order chi connectivity index (χ0) is 18.0. The molecule has 1 aliphatic heterocycles. The largest absolute Gasteiger partial charge is 0.454 e. The minimum atomic E-state index is -2.09. The molecule has 25 heavy (non-hydrogen) atoms. The fourth-order valence-corrected chi connectivity index (χ4v) is 2.68. The molecule has 0 radical (unpaired) electrons. The van der Waals surface area contributed by atoms with E-state index < -0.39 is 23.7 Å². The molecule has 0 saturated heterocycles. The number of halogens is 2. The van der Waals surface area contributed by atoms with Crippen LogP contribution in [-0.2, 0) is 9.53 Å². The molecule has 1 unspecified atom stereocenters. The minimum absolute atomic E-state index is 0.171. The highest BCUT2D eigenvalue weighted by molar-refractivity contribution is 6.31. The molecule has 0 amide bonds. The van der Waals surface area contributed by atoms with Gasteiger partial charge in [-0.3, -0.25) is 9.59 Å². The lowest BCUT2D eigenvalue weighted by Gasteiger charge is -2.20. The maximum absolute atomic E-state index is 12.4. The number of benzene rings is 2. The van der Waals surface area contributed by atoms with Gasteiger partial charge >= 0.3 is 5.72 Å². The molecule has 0 aromatic heterocycles. The van der Waals surface area contributed by atoms with Crippen LogP contribution in [0.2, 0.25) is 10.0 Å². The lowest BCUT2D eigenvalue weighted by Crippen LogP contribution is -2.36. The zero-order valence-electron chi connectivity index (χ0n) is 12.7. The van der Waals surface area contributed by atoms with Gasteiger partial charge < -0.3 is 4.74 Å². The van der Waals surface area contributed by atoms with Gasteiger partial charge in [0, 0.05) is 27.2 Å². The molecule has 1 aliphatic rings. The van der Waals surface area contributed by atoms with Crippen molar-refractivity contribution in [3.8, 4) is 0 Å². The molecule has 0 bridgehead atoms. The van der Waals surface area contributed by atoms with Gasteiger partial charge in [-0.25, -0.2) is 0 Å². The summed E-state index contributed by atoms with van der Waals surface area (Å²) in [6.07, 6.45) is 0.671. The maximum atomic E-state index is 12.4. The number of carbonyl (C=O) groups is 2. The van der Waals surface area contributed by atoms with Gasteiger partial charge in [-0.05, 0) is 53.7 Å². The van der Waals surface area contributed by atoms with E-state index in [1.165, 1.54) is 18.2 Å². The second-order valence-corrected chi connectivity index (χ2v) is 6.34. The highest BCUT2D eigenvalue weighted by atomic mass is 35.5. The summed E-state index contributed by atoms with van der Waals surface area (Å²) in [7, 11) is 0. The Labute approximate surface area is 153 Å². The van der Waals surface area contributed by atoms with Crippen LogP contribution >= 0.6 is 23.2 Å². The van der Waals surface area contributed by atoms with Crippen molar-refractivity contribution in [3.63, 3.8) is 0 Å². The third-order valence-electron chi connectivity index (χ3n) is 3.77. The second kappa shape index (κ2) is 6.78. The molecule has 0 saturated carbocycles. The number of nitroso groups, excluding NO2 is 1. The predicted molar refractivity (Wildman–Crippen MR) is 94.4 cm³/mol. The number of Topliss-reactive ketones (excluding diaryl/α,β-unsaturated/α-hetero) is 1. The SMILES string of the molecule is O=NC1(CC(=O)c2ccc(Cl)cc2)OC(c2ccc(Cl)cc2)=CC1=O. The Kier molecular flexibility index (Phi) is 4.70. The minimum Gasteiger partial charge on any atom is -0.454 e. The Morgan fingerprint density at radius 1 is 1.00 bits per heavy atom. The average Bonchev–Trinajstić information content (AvgIpc) is 2.93. The van der Waals surface area contributed by atoms with Crippen LogP contribution < -0.4 is 0 Å². The van der Waals surface area contributed by atoms with Crippen molar-refractivity contribution in [1.29, 1.82) is 0 Å². The number of nitrogens with zero attached hydrogens (tertiary/aromatic N) is 1. The third-order valence-corrected chi connectivity index (χ3v) is 4.27. The van der Waals surface area contributed by atoms with Crippen LogP contribution in [0.3, 0.4) is 0 Å². The van der Waals surface area contributed by atoms with Crippen molar-refractivity contribution in [2.75, 3.05) is 0 Å². The van der Waals surface area contributed by atoms with Gasteiger partial charge in [0.05, 0.1) is 6.42 Å². The highest BCUT2D eigenvalue weighted by Gasteiger charge is 2.48.